The fraction of sp³-hybridized carbons (Fsp3) is 0.364. The highest BCUT2D eigenvalue weighted by Gasteiger charge is 2.26. The SMILES string of the molecule is Cc1ccc(CN(C(=O)COc2ccc(I)cc2)[C@H](C)C(=O)NC(C)C)cc1. The molecule has 150 valence electrons. The minimum Gasteiger partial charge on any atom is -0.484 e. The number of carbonyl (C=O) groups is 2. The second kappa shape index (κ2) is 10.5. The normalized spacial score (nSPS) is 11.8. The average Bonchev–Trinajstić information content (AvgIpc) is 2.65. The number of aryl methyl sites for hydroxylation is 1. The molecule has 6 heteroatoms. The molecule has 1 atom stereocenters. The van der Waals surface area contributed by atoms with Gasteiger partial charge in [-0.1, -0.05) is 29.8 Å². The molecule has 0 saturated heterocycles. The summed E-state index contributed by atoms with van der Waals surface area (Å²) in [5.74, 6) is 0.221. The molecule has 0 heterocycles. The lowest BCUT2D eigenvalue weighted by Gasteiger charge is -2.29. The Morgan fingerprint density at radius 1 is 1.04 bits per heavy atom. The van der Waals surface area contributed by atoms with E-state index in [4.69, 9.17) is 4.74 Å². The van der Waals surface area contributed by atoms with Crippen LogP contribution < -0.4 is 10.1 Å². The lowest BCUT2D eigenvalue weighted by molar-refractivity contribution is -0.142. The molecular formula is C22H27IN2O3. The maximum atomic E-state index is 12.9. The van der Waals surface area contributed by atoms with Crippen molar-refractivity contribution < 1.29 is 14.3 Å². The highest BCUT2D eigenvalue weighted by atomic mass is 127. The molecule has 0 aliphatic carbocycles. The number of carbonyl (C=O) groups excluding carboxylic acids is 2. The van der Waals surface area contributed by atoms with Crippen LogP contribution in [-0.4, -0.2) is 35.4 Å². The van der Waals surface area contributed by atoms with E-state index >= 15 is 0 Å². The van der Waals surface area contributed by atoms with Crippen LogP contribution in [0.1, 0.15) is 31.9 Å². The lowest BCUT2D eigenvalue weighted by Crippen LogP contribution is -2.50. The minimum atomic E-state index is -0.600. The molecule has 0 unspecified atom stereocenters. The molecule has 0 saturated carbocycles. The first-order chi connectivity index (χ1) is 13.3. The zero-order valence-electron chi connectivity index (χ0n) is 16.7. The van der Waals surface area contributed by atoms with Crippen LogP contribution >= 0.6 is 22.6 Å². The second-order valence-electron chi connectivity index (χ2n) is 7.09. The molecule has 0 aliphatic rings. The molecule has 0 aliphatic heterocycles. The van der Waals surface area contributed by atoms with Gasteiger partial charge in [-0.05, 0) is 80.1 Å². The van der Waals surface area contributed by atoms with E-state index in [-0.39, 0.29) is 24.5 Å². The van der Waals surface area contributed by atoms with E-state index in [1.807, 2.05) is 69.3 Å². The zero-order chi connectivity index (χ0) is 20.7. The number of nitrogens with one attached hydrogen (secondary N) is 1. The van der Waals surface area contributed by atoms with Gasteiger partial charge in [0, 0.05) is 16.2 Å². The largest absolute Gasteiger partial charge is 0.484 e. The van der Waals surface area contributed by atoms with Crippen molar-refractivity contribution in [3.05, 3.63) is 63.2 Å². The van der Waals surface area contributed by atoms with E-state index in [1.54, 1.807) is 11.8 Å². The highest BCUT2D eigenvalue weighted by Crippen LogP contribution is 2.15. The van der Waals surface area contributed by atoms with Crippen molar-refractivity contribution in [1.29, 1.82) is 0 Å². The first kappa shape index (κ1) is 22.2. The third-order valence-electron chi connectivity index (χ3n) is 4.25. The number of nitrogens with zero attached hydrogens (tertiary/aromatic N) is 1. The summed E-state index contributed by atoms with van der Waals surface area (Å²) >= 11 is 2.21. The topological polar surface area (TPSA) is 58.6 Å². The minimum absolute atomic E-state index is 0.00863. The van der Waals surface area contributed by atoms with Gasteiger partial charge in [0.25, 0.3) is 5.91 Å². The number of halogens is 1. The third-order valence-corrected chi connectivity index (χ3v) is 4.97. The molecule has 0 bridgehead atoms. The number of ether oxygens (including phenoxy) is 1. The Hall–Kier alpha value is -2.09. The molecule has 0 aromatic heterocycles. The molecule has 2 aromatic carbocycles. The Balaban J connectivity index is 2.12. The Bertz CT molecular complexity index is 788. The van der Waals surface area contributed by atoms with E-state index in [1.165, 1.54) is 0 Å². The highest BCUT2D eigenvalue weighted by molar-refractivity contribution is 14.1. The van der Waals surface area contributed by atoms with Gasteiger partial charge >= 0.3 is 0 Å². The van der Waals surface area contributed by atoms with Gasteiger partial charge in [-0.15, -0.1) is 0 Å². The van der Waals surface area contributed by atoms with Gasteiger partial charge in [-0.2, -0.15) is 0 Å². The van der Waals surface area contributed by atoms with Crippen LogP contribution in [0.25, 0.3) is 0 Å². The van der Waals surface area contributed by atoms with Gasteiger partial charge in [0.1, 0.15) is 11.8 Å². The number of amides is 2. The number of benzene rings is 2. The van der Waals surface area contributed by atoms with Crippen molar-refractivity contribution in [1.82, 2.24) is 10.2 Å². The van der Waals surface area contributed by atoms with Crippen LogP contribution in [0.5, 0.6) is 5.75 Å². The van der Waals surface area contributed by atoms with Gasteiger partial charge in [0.15, 0.2) is 6.61 Å². The molecule has 5 nitrogen and oxygen atoms in total. The first-order valence-corrected chi connectivity index (χ1v) is 10.4. The van der Waals surface area contributed by atoms with E-state index < -0.39 is 6.04 Å². The molecule has 1 N–H and O–H groups in total. The van der Waals surface area contributed by atoms with Crippen LogP contribution in [0.2, 0.25) is 0 Å². The average molecular weight is 494 g/mol. The van der Waals surface area contributed by atoms with Gasteiger partial charge in [0.05, 0.1) is 0 Å². The van der Waals surface area contributed by atoms with Crippen LogP contribution in [0.3, 0.4) is 0 Å². The molecule has 0 radical (unpaired) electrons. The van der Waals surface area contributed by atoms with Crippen molar-refractivity contribution in [2.75, 3.05) is 6.61 Å². The van der Waals surface area contributed by atoms with Crippen LogP contribution in [-0.2, 0) is 16.1 Å². The molecule has 2 aromatic rings. The smallest absolute Gasteiger partial charge is 0.261 e. The number of hydrogen-bond acceptors (Lipinski definition) is 3. The summed E-state index contributed by atoms with van der Waals surface area (Å²) in [6.07, 6.45) is 0. The molecule has 0 spiro atoms. The lowest BCUT2D eigenvalue weighted by atomic mass is 10.1. The van der Waals surface area contributed by atoms with Gasteiger partial charge in [0.2, 0.25) is 5.91 Å². The van der Waals surface area contributed by atoms with E-state index in [0.29, 0.717) is 12.3 Å². The monoisotopic (exact) mass is 494 g/mol. The summed E-state index contributed by atoms with van der Waals surface area (Å²) in [6.45, 7) is 7.79. The fourth-order valence-corrected chi connectivity index (χ4v) is 3.00. The van der Waals surface area contributed by atoms with Gasteiger partial charge < -0.3 is 15.0 Å². The fourth-order valence-electron chi connectivity index (χ4n) is 2.64. The summed E-state index contributed by atoms with van der Waals surface area (Å²) in [4.78, 5) is 27.0. The predicted octanol–water partition coefficient (Wildman–Crippen LogP) is 3.92. The summed E-state index contributed by atoms with van der Waals surface area (Å²) in [5, 5.41) is 2.88. The third kappa shape index (κ3) is 6.82. The first-order valence-electron chi connectivity index (χ1n) is 9.30. The summed E-state index contributed by atoms with van der Waals surface area (Å²) < 4.78 is 6.74. The molecule has 28 heavy (non-hydrogen) atoms. The van der Waals surface area contributed by atoms with Crippen molar-refractivity contribution >= 4 is 34.4 Å². The Morgan fingerprint density at radius 2 is 1.64 bits per heavy atom. The van der Waals surface area contributed by atoms with E-state index in [0.717, 1.165) is 14.7 Å². The van der Waals surface area contributed by atoms with Crippen molar-refractivity contribution in [2.45, 2.75) is 46.3 Å². The number of rotatable bonds is 8. The summed E-state index contributed by atoms with van der Waals surface area (Å²) in [7, 11) is 0. The van der Waals surface area contributed by atoms with Crippen molar-refractivity contribution in [3.8, 4) is 5.75 Å². The Morgan fingerprint density at radius 3 is 2.21 bits per heavy atom. The second-order valence-corrected chi connectivity index (χ2v) is 8.33. The standard InChI is InChI=1S/C22H27IN2O3/c1-15(2)24-22(27)17(4)25(13-18-7-5-16(3)6-8-18)21(26)14-28-20-11-9-19(23)10-12-20/h5-12,15,17H,13-14H2,1-4H3,(H,24,27)/t17-/m1/s1. The maximum absolute atomic E-state index is 12.9. The molecule has 0 fully saturated rings. The number of hydrogen-bond donors (Lipinski definition) is 1. The van der Waals surface area contributed by atoms with Gasteiger partial charge in [-0.3, -0.25) is 9.59 Å². The Kier molecular flexibility index (Phi) is 8.29. The van der Waals surface area contributed by atoms with E-state index in [2.05, 4.69) is 27.9 Å². The quantitative estimate of drug-likeness (QED) is 0.567. The van der Waals surface area contributed by atoms with E-state index in [9.17, 15) is 9.59 Å². The van der Waals surface area contributed by atoms with Crippen LogP contribution in [0, 0.1) is 10.5 Å². The molecular weight excluding hydrogens is 467 g/mol. The molecule has 2 rings (SSSR count). The summed E-state index contributed by atoms with van der Waals surface area (Å²) in [5.41, 5.74) is 2.12. The predicted molar refractivity (Wildman–Crippen MR) is 119 cm³/mol. The van der Waals surface area contributed by atoms with Crippen molar-refractivity contribution in [3.63, 3.8) is 0 Å². The Labute approximate surface area is 180 Å². The van der Waals surface area contributed by atoms with Crippen LogP contribution in [0.15, 0.2) is 48.5 Å². The zero-order valence-corrected chi connectivity index (χ0v) is 18.9. The van der Waals surface area contributed by atoms with Crippen LogP contribution in [0.4, 0.5) is 0 Å². The van der Waals surface area contributed by atoms with Gasteiger partial charge in [-0.25, -0.2) is 0 Å². The van der Waals surface area contributed by atoms with Crippen molar-refractivity contribution in [2.24, 2.45) is 0 Å². The molecule has 2 amide bonds. The summed E-state index contributed by atoms with van der Waals surface area (Å²) in [6, 6.07) is 14.9. The maximum Gasteiger partial charge on any atom is 0.261 e.